The van der Waals surface area contributed by atoms with E-state index in [4.69, 9.17) is 0 Å². The molecule has 0 atom stereocenters. The van der Waals surface area contributed by atoms with Crippen LogP contribution in [-0.4, -0.2) is 30.4 Å². The predicted octanol–water partition coefficient (Wildman–Crippen LogP) is 2.42. The van der Waals surface area contributed by atoms with Gasteiger partial charge in [-0.15, -0.1) is 0 Å². The van der Waals surface area contributed by atoms with Crippen molar-refractivity contribution in [1.29, 1.82) is 0 Å². The minimum Gasteiger partial charge on any atom is -0.326 e. The fourth-order valence-corrected chi connectivity index (χ4v) is 3.07. The Labute approximate surface area is 108 Å². The van der Waals surface area contributed by atoms with Gasteiger partial charge in [0, 0.05) is 5.69 Å². The first-order valence-electron chi connectivity index (χ1n) is 6.78. The van der Waals surface area contributed by atoms with Crippen LogP contribution in [0.5, 0.6) is 0 Å². The number of rotatable bonds is 2. The largest absolute Gasteiger partial charge is 0.326 e. The summed E-state index contributed by atoms with van der Waals surface area (Å²) in [4.78, 5) is 15.0. The van der Waals surface area contributed by atoms with Crippen LogP contribution in [0.2, 0.25) is 0 Å². The van der Waals surface area contributed by atoms with Gasteiger partial charge < -0.3 is 10.2 Å². The molecule has 1 amide bonds. The van der Waals surface area contributed by atoms with Crippen LogP contribution in [0.25, 0.3) is 0 Å². The Kier molecular flexibility index (Phi) is 2.86. The second-order valence-corrected chi connectivity index (χ2v) is 5.69. The standard InChI is InChI=1S/C15H20N2O/c1-12-2-4-13(5-3-12)16-14(18)15-6-9-17(10-7-15)11-8-15/h2-5H,6-11H2,1H3,(H,16,18). The maximum Gasteiger partial charge on any atom is 0.230 e. The molecule has 96 valence electrons. The van der Waals surface area contributed by atoms with Gasteiger partial charge in [0.1, 0.15) is 0 Å². The molecule has 0 spiro atoms. The third kappa shape index (κ3) is 2.03. The summed E-state index contributed by atoms with van der Waals surface area (Å²) < 4.78 is 0. The van der Waals surface area contributed by atoms with Crippen molar-refractivity contribution in [1.82, 2.24) is 4.90 Å². The van der Waals surface area contributed by atoms with Crippen molar-refractivity contribution in [2.45, 2.75) is 26.2 Å². The number of aryl methyl sites for hydroxylation is 1. The Bertz CT molecular complexity index is 430. The van der Waals surface area contributed by atoms with Crippen molar-refractivity contribution in [3.63, 3.8) is 0 Å². The zero-order valence-corrected chi connectivity index (χ0v) is 10.9. The molecule has 3 nitrogen and oxygen atoms in total. The Hall–Kier alpha value is -1.35. The fraction of sp³-hybridized carbons (Fsp3) is 0.533. The SMILES string of the molecule is Cc1ccc(NC(=O)C23CCN(CC2)CC3)cc1. The van der Waals surface area contributed by atoms with Crippen LogP contribution in [0, 0.1) is 12.3 Å². The van der Waals surface area contributed by atoms with E-state index in [1.807, 2.05) is 24.3 Å². The molecule has 3 aliphatic heterocycles. The van der Waals surface area contributed by atoms with E-state index in [1.54, 1.807) is 0 Å². The van der Waals surface area contributed by atoms with Gasteiger partial charge in [-0.2, -0.15) is 0 Å². The van der Waals surface area contributed by atoms with Crippen molar-refractivity contribution in [2.75, 3.05) is 25.0 Å². The smallest absolute Gasteiger partial charge is 0.230 e. The van der Waals surface area contributed by atoms with Crippen LogP contribution in [0.1, 0.15) is 24.8 Å². The predicted molar refractivity (Wildman–Crippen MR) is 72.5 cm³/mol. The minimum absolute atomic E-state index is 0.0976. The van der Waals surface area contributed by atoms with Gasteiger partial charge in [-0.05, 0) is 58.0 Å². The summed E-state index contributed by atoms with van der Waals surface area (Å²) in [5.41, 5.74) is 2.05. The number of carbonyl (C=O) groups is 1. The van der Waals surface area contributed by atoms with Crippen LogP contribution in [0.4, 0.5) is 5.69 Å². The van der Waals surface area contributed by atoms with Crippen LogP contribution < -0.4 is 5.32 Å². The fourth-order valence-electron chi connectivity index (χ4n) is 3.07. The number of benzene rings is 1. The van der Waals surface area contributed by atoms with Gasteiger partial charge in [0.05, 0.1) is 5.41 Å². The van der Waals surface area contributed by atoms with E-state index in [0.29, 0.717) is 0 Å². The number of hydrogen-bond acceptors (Lipinski definition) is 2. The third-order valence-electron chi connectivity index (χ3n) is 4.51. The molecule has 3 saturated heterocycles. The number of anilines is 1. The van der Waals surface area contributed by atoms with E-state index in [9.17, 15) is 4.79 Å². The van der Waals surface area contributed by atoms with E-state index in [0.717, 1.165) is 44.6 Å². The van der Waals surface area contributed by atoms with Gasteiger partial charge in [0.25, 0.3) is 0 Å². The molecule has 4 rings (SSSR count). The molecule has 3 heteroatoms. The second kappa shape index (κ2) is 4.39. The quantitative estimate of drug-likeness (QED) is 0.866. The Balaban J connectivity index is 1.72. The highest BCUT2D eigenvalue weighted by atomic mass is 16.2. The monoisotopic (exact) mass is 244 g/mol. The van der Waals surface area contributed by atoms with Gasteiger partial charge in [-0.3, -0.25) is 4.79 Å². The molecule has 1 N–H and O–H groups in total. The van der Waals surface area contributed by atoms with Gasteiger partial charge in [-0.25, -0.2) is 0 Å². The molecule has 3 aliphatic rings. The average Bonchev–Trinajstić information content (AvgIpc) is 2.43. The average molecular weight is 244 g/mol. The molecule has 3 heterocycles. The lowest BCUT2D eigenvalue weighted by Gasteiger charge is -2.47. The van der Waals surface area contributed by atoms with Crippen LogP contribution in [0.15, 0.2) is 24.3 Å². The molecule has 1 aromatic rings. The first-order valence-corrected chi connectivity index (χ1v) is 6.78. The number of carbonyl (C=O) groups excluding carboxylic acids is 1. The van der Waals surface area contributed by atoms with Crippen molar-refractivity contribution in [3.05, 3.63) is 29.8 Å². The van der Waals surface area contributed by atoms with Crippen LogP contribution >= 0.6 is 0 Å². The molecule has 0 radical (unpaired) electrons. The summed E-state index contributed by atoms with van der Waals surface area (Å²) in [7, 11) is 0. The third-order valence-corrected chi connectivity index (χ3v) is 4.51. The molecule has 3 fully saturated rings. The number of piperidine rings is 3. The number of fused-ring (bicyclic) bond motifs is 3. The van der Waals surface area contributed by atoms with E-state index in [2.05, 4.69) is 17.1 Å². The zero-order chi connectivity index (χ0) is 12.6. The van der Waals surface area contributed by atoms with E-state index < -0.39 is 0 Å². The summed E-state index contributed by atoms with van der Waals surface area (Å²) in [5.74, 6) is 0.228. The lowest BCUT2D eigenvalue weighted by Crippen LogP contribution is -2.53. The molecular weight excluding hydrogens is 224 g/mol. The van der Waals surface area contributed by atoms with Crippen molar-refractivity contribution < 1.29 is 4.79 Å². The van der Waals surface area contributed by atoms with Gasteiger partial charge in [0.15, 0.2) is 0 Å². The molecule has 0 unspecified atom stereocenters. The summed E-state index contributed by atoms with van der Waals surface area (Å²) in [5, 5.41) is 3.10. The minimum atomic E-state index is -0.0976. The first-order chi connectivity index (χ1) is 8.68. The molecule has 0 aliphatic carbocycles. The Morgan fingerprint density at radius 1 is 1.11 bits per heavy atom. The Morgan fingerprint density at radius 3 is 2.22 bits per heavy atom. The summed E-state index contributed by atoms with van der Waals surface area (Å²) in [6.07, 6.45) is 3.06. The van der Waals surface area contributed by atoms with Crippen LogP contribution in [-0.2, 0) is 4.79 Å². The first kappa shape index (κ1) is 11.7. The van der Waals surface area contributed by atoms with Gasteiger partial charge in [-0.1, -0.05) is 17.7 Å². The Morgan fingerprint density at radius 2 is 1.67 bits per heavy atom. The maximum absolute atomic E-state index is 12.5. The molecule has 18 heavy (non-hydrogen) atoms. The summed E-state index contributed by atoms with van der Waals surface area (Å²) in [6.45, 7) is 5.31. The van der Waals surface area contributed by atoms with Gasteiger partial charge in [0.2, 0.25) is 5.91 Å². The highest BCUT2D eigenvalue weighted by Gasteiger charge is 2.44. The highest BCUT2D eigenvalue weighted by molar-refractivity contribution is 5.95. The summed E-state index contributed by atoms with van der Waals surface area (Å²) in [6, 6.07) is 8.05. The number of amides is 1. The lowest BCUT2D eigenvalue weighted by atomic mass is 9.71. The number of hydrogen-bond donors (Lipinski definition) is 1. The topological polar surface area (TPSA) is 32.3 Å². The van der Waals surface area contributed by atoms with E-state index in [-0.39, 0.29) is 11.3 Å². The number of nitrogens with zero attached hydrogens (tertiary/aromatic N) is 1. The molecular formula is C15H20N2O. The van der Waals surface area contributed by atoms with Crippen molar-refractivity contribution in [2.24, 2.45) is 5.41 Å². The van der Waals surface area contributed by atoms with Gasteiger partial charge >= 0.3 is 0 Å². The normalized spacial score (nSPS) is 30.2. The highest BCUT2D eigenvalue weighted by Crippen LogP contribution is 2.40. The second-order valence-electron chi connectivity index (χ2n) is 5.69. The molecule has 2 bridgehead atoms. The van der Waals surface area contributed by atoms with Crippen molar-refractivity contribution in [3.8, 4) is 0 Å². The van der Waals surface area contributed by atoms with Crippen LogP contribution in [0.3, 0.4) is 0 Å². The molecule has 0 saturated carbocycles. The molecule has 0 aromatic heterocycles. The van der Waals surface area contributed by atoms with E-state index >= 15 is 0 Å². The maximum atomic E-state index is 12.5. The van der Waals surface area contributed by atoms with E-state index in [1.165, 1.54) is 5.56 Å². The lowest BCUT2D eigenvalue weighted by molar-refractivity contribution is -0.132. The van der Waals surface area contributed by atoms with Crippen molar-refractivity contribution >= 4 is 11.6 Å². The number of nitrogens with one attached hydrogen (secondary N) is 1. The summed E-state index contributed by atoms with van der Waals surface area (Å²) >= 11 is 0. The molecule has 1 aromatic carbocycles. The zero-order valence-electron chi connectivity index (χ0n) is 10.9.